The molecule has 212 valence electrons. The zero-order valence-corrected chi connectivity index (χ0v) is 26.1. The van der Waals surface area contributed by atoms with E-state index in [1.807, 2.05) is 19.1 Å². The predicted molar refractivity (Wildman–Crippen MR) is 167 cm³/mol. The van der Waals surface area contributed by atoms with Crippen LogP contribution in [0.5, 0.6) is 0 Å². The molecule has 0 aliphatic rings. The lowest BCUT2D eigenvalue weighted by Crippen LogP contribution is -2.36. The molecule has 1 heterocycles. The number of allylic oxidation sites excluding steroid dienone is 7. The van der Waals surface area contributed by atoms with Crippen molar-refractivity contribution in [2.45, 2.75) is 86.1 Å². The van der Waals surface area contributed by atoms with Crippen molar-refractivity contribution in [2.75, 3.05) is 28.8 Å². The van der Waals surface area contributed by atoms with Crippen LogP contribution in [0, 0.1) is 6.92 Å². The van der Waals surface area contributed by atoms with Gasteiger partial charge in [0.1, 0.15) is 11.6 Å². The van der Waals surface area contributed by atoms with E-state index in [0.717, 1.165) is 56.1 Å². The molecule has 1 aromatic heterocycles. The molecule has 0 spiro atoms. The molecular formula is C31H48N2O3S2. The molecular weight excluding hydrogens is 512 g/mol. The molecule has 0 fully saturated rings. The summed E-state index contributed by atoms with van der Waals surface area (Å²) < 4.78 is 23.3. The highest BCUT2D eigenvalue weighted by atomic mass is 32.2. The molecule has 38 heavy (non-hydrogen) atoms. The van der Waals surface area contributed by atoms with Crippen molar-refractivity contribution < 1.29 is 13.2 Å². The maximum atomic E-state index is 12.6. The molecule has 0 aliphatic heterocycles. The van der Waals surface area contributed by atoms with E-state index in [0.29, 0.717) is 11.6 Å². The van der Waals surface area contributed by atoms with E-state index in [2.05, 4.69) is 69.2 Å². The number of ketones is 1. The summed E-state index contributed by atoms with van der Waals surface area (Å²) in [6.07, 6.45) is 18.5. The highest BCUT2D eigenvalue weighted by Gasteiger charge is 2.22. The molecule has 0 radical (unpaired) electrons. The van der Waals surface area contributed by atoms with Crippen molar-refractivity contribution in [3.05, 3.63) is 70.5 Å². The van der Waals surface area contributed by atoms with E-state index in [1.54, 1.807) is 18.0 Å². The second kappa shape index (κ2) is 18.2. The van der Waals surface area contributed by atoms with E-state index in [-0.39, 0.29) is 5.78 Å². The van der Waals surface area contributed by atoms with E-state index < -0.39 is 21.6 Å². The van der Waals surface area contributed by atoms with Gasteiger partial charge in [-0.15, -0.1) is 0 Å². The highest BCUT2D eigenvalue weighted by molar-refractivity contribution is 7.99. The number of hydrogen-bond donors (Lipinski definition) is 1. The molecule has 1 atom stereocenters. The third kappa shape index (κ3) is 17.4. The van der Waals surface area contributed by atoms with Crippen LogP contribution in [0.2, 0.25) is 0 Å². The normalized spacial score (nSPS) is 13.8. The lowest BCUT2D eigenvalue weighted by atomic mass is 10.0. The van der Waals surface area contributed by atoms with Crippen LogP contribution >= 0.6 is 11.8 Å². The Kier molecular flexibility index (Phi) is 16.3. The maximum absolute atomic E-state index is 12.6. The molecule has 7 heteroatoms. The number of aryl methyl sites for hydroxylation is 1. The first kappa shape index (κ1) is 33.9. The number of carbonyl (C=O) groups excluding carboxylic acids is 1. The fourth-order valence-corrected chi connectivity index (χ4v) is 5.44. The smallest absolute Gasteiger partial charge is 0.170 e. The number of hydrogen-bond acceptors (Lipinski definition) is 6. The van der Waals surface area contributed by atoms with Gasteiger partial charge < -0.3 is 5.32 Å². The number of thioether (sulfide) groups is 1. The van der Waals surface area contributed by atoms with Crippen molar-refractivity contribution in [3.63, 3.8) is 0 Å². The fourth-order valence-electron chi connectivity index (χ4n) is 3.68. The van der Waals surface area contributed by atoms with Crippen LogP contribution in [0.1, 0.15) is 78.7 Å². The van der Waals surface area contributed by atoms with Crippen LogP contribution in [0.4, 0.5) is 5.82 Å². The number of nitrogens with zero attached hydrogens (tertiary/aromatic N) is 1. The third-order valence-corrected chi connectivity index (χ3v) is 7.80. The van der Waals surface area contributed by atoms with Gasteiger partial charge in [-0.2, -0.15) is 11.8 Å². The first-order valence-corrected chi connectivity index (χ1v) is 16.6. The zero-order valence-electron chi connectivity index (χ0n) is 24.5. The first-order valence-electron chi connectivity index (χ1n) is 13.4. The molecule has 1 rings (SSSR count). The predicted octanol–water partition coefficient (Wildman–Crippen LogP) is 7.66. The van der Waals surface area contributed by atoms with Gasteiger partial charge in [-0.05, 0) is 91.7 Å². The van der Waals surface area contributed by atoms with Gasteiger partial charge in [0, 0.05) is 24.0 Å². The van der Waals surface area contributed by atoms with Gasteiger partial charge >= 0.3 is 0 Å². The summed E-state index contributed by atoms with van der Waals surface area (Å²) >= 11 is 1.62. The van der Waals surface area contributed by atoms with Crippen molar-refractivity contribution in [2.24, 2.45) is 0 Å². The van der Waals surface area contributed by atoms with Gasteiger partial charge in [0.15, 0.2) is 15.6 Å². The minimum absolute atomic E-state index is 0.332. The van der Waals surface area contributed by atoms with Crippen LogP contribution in [0.25, 0.3) is 0 Å². The Hall–Kier alpha value is -2.12. The Morgan fingerprint density at radius 2 is 1.47 bits per heavy atom. The summed E-state index contributed by atoms with van der Waals surface area (Å²) in [6, 6.07) is 3.12. The summed E-state index contributed by atoms with van der Waals surface area (Å²) in [6.45, 7) is 12.8. The summed E-state index contributed by atoms with van der Waals surface area (Å²) in [5.41, 5.74) is 6.63. The molecule has 0 saturated heterocycles. The summed E-state index contributed by atoms with van der Waals surface area (Å²) in [7, 11) is -3.39. The van der Waals surface area contributed by atoms with E-state index in [9.17, 15) is 13.2 Å². The number of nitrogens with one attached hydrogen (secondary N) is 1. The van der Waals surface area contributed by atoms with Gasteiger partial charge in [0.2, 0.25) is 0 Å². The van der Waals surface area contributed by atoms with Crippen molar-refractivity contribution in [1.29, 1.82) is 0 Å². The standard InChI is InChI=1S/C31H48N2O3S2/c1-24(2)11-8-12-25(3)13-9-14-26(4)15-10-16-27(5)19-20-37-22-29(30(34)23-38(7,35)36)33-31-18-17-28(6)21-32-31/h11,13,15,17-19,21,29H,8-10,12,14,16,20,22-23H2,1-7H3,(H,32,33). The monoisotopic (exact) mass is 560 g/mol. The maximum Gasteiger partial charge on any atom is 0.170 e. The Bertz CT molecular complexity index is 1090. The SMILES string of the molecule is CC(C)=CCCC(C)=CCCC(C)=CCCC(C)=CCSCC(Nc1ccc(C)cn1)C(=O)CS(C)(=O)=O. The molecule has 0 saturated carbocycles. The number of anilines is 1. The topological polar surface area (TPSA) is 76.1 Å². The van der Waals surface area contributed by atoms with Gasteiger partial charge in [0.05, 0.1) is 6.04 Å². The number of carbonyl (C=O) groups is 1. The quantitative estimate of drug-likeness (QED) is 0.147. The van der Waals surface area contributed by atoms with Crippen molar-refractivity contribution in [1.82, 2.24) is 4.98 Å². The number of Topliss-reactive ketones (excluding diaryl/α,β-unsaturated/α-hetero) is 1. The van der Waals surface area contributed by atoms with Crippen LogP contribution in [0.15, 0.2) is 64.9 Å². The average molecular weight is 561 g/mol. The minimum Gasteiger partial charge on any atom is -0.359 e. The Labute approximate surface area is 236 Å². The zero-order chi connectivity index (χ0) is 28.6. The average Bonchev–Trinajstić information content (AvgIpc) is 2.81. The number of sulfone groups is 1. The molecule has 0 amide bonds. The van der Waals surface area contributed by atoms with E-state index >= 15 is 0 Å². The Morgan fingerprint density at radius 3 is 1.97 bits per heavy atom. The molecule has 0 aliphatic carbocycles. The molecule has 1 unspecified atom stereocenters. The van der Waals surface area contributed by atoms with Gasteiger partial charge in [-0.1, -0.05) is 52.7 Å². The van der Waals surface area contributed by atoms with Gasteiger partial charge in [-0.3, -0.25) is 4.79 Å². The van der Waals surface area contributed by atoms with Crippen LogP contribution in [-0.2, 0) is 14.6 Å². The molecule has 5 nitrogen and oxygen atoms in total. The highest BCUT2D eigenvalue weighted by Crippen LogP contribution is 2.16. The number of rotatable bonds is 18. The third-order valence-electron chi connectivity index (χ3n) is 6.01. The number of pyridine rings is 1. The largest absolute Gasteiger partial charge is 0.359 e. The van der Waals surface area contributed by atoms with Crippen molar-refractivity contribution >= 4 is 33.2 Å². The van der Waals surface area contributed by atoms with Crippen LogP contribution < -0.4 is 5.32 Å². The molecule has 1 N–H and O–H groups in total. The second-order valence-electron chi connectivity index (χ2n) is 10.5. The lowest BCUT2D eigenvalue weighted by molar-refractivity contribution is -0.117. The van der Waals surface area contributed by atoms with E-state index in [4.69, 9.17) is 0 Å². The number of aromatic nitrogens is 1. The minimum atomic E-state index is -3.39. The molecule has 0 bridgehead atoms. The first-order chi connectivity index (χ1) is 17.9. The van der Waals surface area contributed by atoms with E-state index in [1.165, 1.54) is 22.3 Å². The lowest BCUT2D eigenvalue weighted by Gasteiger charge is -2.17. The van der Waals surface area contributed by atoms with Crippen molar-refractivity contribution in [3.8, 4) is 0 Å². The Morgan fingerprint density at radius 1 is 0.921 bits per heavy atom. The Balaban J connectivity index is 2.48. The summed E-state index contributed by atoms with van der Waals surface area (Å²) in [5.74, 6) is 1.03. The summed E-state index contributed by atoms with van der Waals surface area (Å²) in [4.78, 5) is 16.9. The second-order valence-corrected chi connectivity index (χ2v) is 13.8. The summed E-state index contributed by atoms with van der Waals surface area (Å²) in [5, 5.41) is 3.12. The van der Waals surface area contributed by atoms with Crippen LogP contribution in [0.3, 0.4) is 0 Å². The molecule has 1 aromatic rings. The van der Waals surface area contributed by atoms with Crippen LogP contribution in [-0.4, -0.2) is 48.7 Å². The fraction of sp³-hybridized carbons (Fsp3) is 0.548. The van der Waals surface area contributed by atoms with Gasteiger partial charge in [0.25, 0.3) is 0 Å². The molecule has 0 aromatic carbocycles. The van der Waals surface area contributed by atoms with Gasteiger partial charge in [-0.25, -0.2) is 13.4 Å².